The molecule has 0 aromatic heterocycles. The number of aliphatic hydroxyl groups is 1. The zero-order chi connectivity index (χ0) is 14.3. The van der Waals surface area contributed by atoms with Crippen LogP contribution in [0.2, 0.25) is 0 Å². The molecule has 1 aromatic rings. The first kappa shape index (κ1) is 14.9. The lowest BCUT2D eigenvalue weighted by Crippen LogP contribution is -2.06. The third-order valence-corrected chi connectivity index (χ3v) is 2.83. The Balaban J connectivity index is 2.56. The molecule has 0 bridgehead atoms. The highest BCUT2D eigenvalue weighted by atomic mass is 16.6. The van der Waals surface area contributed by atoms with Gasteiger partial charge >= 0.3 is 0 Å². The molecule has 2 N–H and O–H groups in total. The number of anilines is 1. The van der Waals surface area contributed by atoms with E-state index in [9.17, 15) is 10.1 Å². The zero-order valence-corrected chi connectivity index (χ0v) is 10.8. The second kappa shape index (κ2) is 7.34. The smallest absolute Gasteiger partial charge is 0.287 e. The summed E-state index contributed by atoms with van der Waals surface area (Å²) < 4.78 is 0. The van der Waals surface area contributed by atoms with Crippen LogP contribution in [-0.4, -0.2) is 23.2 Å². The third kappa shape index (κ3) is 4.56. The van der Waals surface area contributed by atoms with Gasteiger partial charge in [-0.2, -0.15) is 5.26 Å². The van der Waals surface area contributed by atoms with Crippen LogP contribution < -0.4 is 5.32 Å². The molecule has 0 radical (unpaired) electrons. The van der Waals surface area contributed by atoms with Crippen LogP contribution in [0.25, 0.3) is 0 Å². The number of rotatable bonds is 7. The van der Waals surface area contributed by atoms with Crippen LogP contribution in [-0.2, 0) is 0 Å². The predicted molar refractivity (Wildman–Crippen MR) is 71.8 cm³/mol. The van der Waals surface area contributed by atoms with E-state index in [0.717, 1.165) is 12.8 Å². The molecule has 0 saturated carbocycles. The second-order valence-corrected chi connectivity index (χ2v) is 4.46. The molecule has 0 aliphatic heterocycles. The van der Waals surface area contributed by atoms with Gasteiger partial charge in [0.05, 0.1) is 4.92 Å². The Morgan fingerprint density at radius 3 is 2.89 bits per heavy atom. The number of nitrogens with zero attached hydrogens (tertiary/aromatic N) is 2. The summed E-state index contributed by atoms with van der Waals surface area (Å²) in [6, 6.07) is 6.22. The molecule has 0 spiro atoms. The Labute approximate surface area is 111 Å². The predicted octanol–water partition coefficient (Wildman–Crippen LogP) is 2.29. The van der Waals surface area contributed by atoms with Crippen molar-refractivity contribution in [2.45, 2.75) is 19.8 Å². The lowest BCUT2D eigenvalue weighted by Gasteiger charge is -2.09. The maximum absolute atomic E-state index is 10.7. The van der Waals surface area contributed by atoms with Crippen molar-refractivity contribution < 1.29 is 10.0 Å². The van der Waals surface area contributed by atoms with E-state index in [1.165, 1.54) is 12.1 Å². The van der Waals surface area contributed by atoms with Crippen molar-refractivity contribution in [3.05, 3.63) is 33.9 Å². The molecule has 0 aliphatic carbocycles. The SMILES string of the molecule is CC(CO)CCCNc1ccc([N+](=O)[O-])c(C#N)c1. The number of hydrogen-bond acceptors (Lipinski definition) is 5. The molecule has 0 fully saturated rings. The minimum Gasteiger partial charge on any atom is -0.396 e. The van der Waals surface area contributed by atoms with Gasteiger partial charge in [0.2, 0.25) is 0 Å². The van der Waals surface area contributed by atoms with E-state index >= 15 is 0 Å². The second-order valence-electron chi connectivity index (χ2n) is 4.46. The third-order valence-electron chi connectivity index (χ3n) is 2.83. The number of nitriles is 1. The Morgan fingerprint density at radius 2 is 2.32 bits per heavy atom. The summed E-state index contributed by atoms with van der Waals surface area (Å²) in [5.74, 6) is 0.272. The molecule has 6 heteroatoms. The normalized spacial score (nSPS) is 11.6. The van der Waals surface area contributed by atoms with Crippen molar-refractivity contribution in [2.24, 2.45) is 5.92 Å². The van der Waals surface area contributed by atoms with E-state index in [0.29, 0.717) is 12.2 Å². The van der Waals surface area contributed by atoms with E-state index in [4.69, 9.17) is 10.4 Å². The van der Waals surface area contributed by atoms with Gasteiger partial charge in [0, 0.05) is 24.9 Å². The first-order valence-electron chi connectivity index (χ1n) is 6.11. The van der Waals surface area contributed by atoms with Crippen molar-refractivity contribution in [1.29, 1.82) is 5.26 Å². The number of aliphatic hydroxyl groups excluding tert-OH is 1. The summed E-state index contributed by atoms with van der Waals surface area (Å²) in [5, 5.41) is 31.5. The summed E-state index contributed by atoms with van der Waals surface area (Å²) >= 11 is 0. The van der Waals surface area contributed by atoms with Crippen LogP contribution in [0.5, 0.6) is 0 Å². The van der Waals surface area contributed by atoms with Gasteiger partial charge in [0.15, 0.2) is 0 Å². The van der Waals surface area contributed by atoms with Gasteiger partial charge < -0.3 is 10.4 Å². The maximum atomic E-state index is 10.7. The van der Waals surface area contributed by atoms with Crippen LogP contribution in [0.4, 0.5) is 11.4 Å². The Bertz CT molecular complexity index is 483. The molecule has 6 nitrogen and oxygen atoms in total. The van der Waals surface area contributed by atoms with E-state index in [1.54, 1.807) is 6.07 Å². The van der Waals surface area contributed by atoms with Gasteiger partial charge in [-0.3, -0.25) is 10.1 Å². The number of benzene rings is 1. The van der Waals surface area contributed by atoms with Crippen molar-refractivity contribution in [2.75, 3.05) is 18.5 Å². The average molecular weight is 263 g/mol. The van der Waals surface area contributed by atoms with Crippen LogP contribution in [0.3, 0.4) is 0 Å². The topological polar surface area (TPSA) is 99.2 Å². The highest BCUT2D eigenvalue weighted by molar-refractivity contribution is 5.58. The van der Waals surface area contributed by atoms with Crippen molar-refractivity contribution in [3.8, 4) is 6.07 Å². The summed E-state index contributed by atoms with van der Waals surface area (Å²) in [6.45, 7) is 2.85. The van der Waals surface area contributed by atoms with Gasteiger partial charge in [-0.05, 0) is 30.9 Å². The molecule has 102 valence electrons. The lowest BCUT2D eigenvalue weighted by molar-refractivity contribution is -0.385. The van der Waals surface area contributed by atoms with Crippen molar-refractivity contribution in [3.63, 3.8) is 0 Å². The van der Waals surface area contributed by atoms with Gasteiger partial charge in [0.1, 0.15) is 11.6 Å². The Hall–Kier alpha value is -2.13. The van der Waals surface area contributed by atoms with E-state index < -0.39 is 4.92 Å². The van der Waals surface area contributed by atoms with Gasteiger partial charge in [-0.25, -0.2) is 0 Å². The molecular weight excluding hydrogens is 246 g/mol. The molecule has 1 rings (SSSR count). The zero-order valence-electron chi connectivity index (χ0n) is 10.8. The summed E-state index contributed by atoms with van der Waals surface area (Å²) in [4.78, 5) is 10.1. The molecular formula is C13H17N3O3. The number of nitrogens with one attached hydrogen (secondary N) is 1. The number of nitro benzene ring substituents is 1. The molecule has 0 heterocycles. The largest absolute Gasteiger partial charge is 0.396 e. The molecule has 0 amide bonds. The lowest BCUT2D eigenvalue weighted by atomic mass is 10.1. The van der Waals surface area contributed by atoms with Crippen LogP contribution in [0.1, 0.15) is 25.3 Å². The Morgan fingerprint density at radius 1 is 1.58 bits per heavy atom. The quantitative estimate of drug-likeness (QED) is 0.446. The fourth-order valence-corrected chi connectivity index (χ4v) is 1.67. The van der Waals surface area contributed by atoms with Crippen LogP contribution in [0.15, 0.2) is 18.2 Å². The first-order valence-corrected chi connectivity index (χ1v) is 6.11. The first-order chi connectivity index (χ1) is 9.08. The van der Waals surface area contributed by atoms with Crippen LogP contribution >= 0.6 is 0 Å². The monoisotopic (exact) mass is 263 g/mol. The molecule has 1 aromatic carbocycles. The summed E-state index contributed by atoms with van der Waals surface area (Å²) in [6.07, 6.45) is 1.79. The summed E-state index contributed by atoms with van der Waals surface area (Å²) in [7, 11) is 0. The number of nitro groups is 1. The molecule has 1 unspecified atom stereocenters. The van der Waals surface area contributed by atoms with Gasteiger partial charge in [0.25, 0.3) is 5.69 Å². The van der Waals surface area contributed by atoms with Crippen molar-refractivity contribution >= 4 is 11.4 Å². The number of hydrogen-bond donors (Lipinski definition) is 2. The highest BCUT2D eigenvalue weighted by Crippen LogP contribution is 2.21. The van der Waals surface area contributed by atoms with Crippen LogP contribution in [0, 0.1) is 27.4 Å². The fourth-order valence-electron chi connectivity index (χ4n) is 1.67. The standard InChI is InChI=1S/C13H17N3O3/c1-10(9-17)3-2-6-15-12-4-5-13(16(18)19)11(7-12)8-14/h4-5,7,10,15,17H,2-3,6,9H2,1H3. The molecule has 0 aliphatic rings. The highest BCUT2D eigenvalue weighted by Gasteiger charge is 2.13. The fraction of sp³-hybridized carbons (Fsp3) is 0.462. The minimum absolute atomic E-state index is 0.0544. The van der Waals surface area contributed by atoms with Crippen molar-refractivity contribution in [1.82, 2.24) is 0 Å². The van der Waals surface area contributed by atoms with Gasteiger partial charge in [-0.15, -0.1) is 0 Å². The molecule has 19 heavy (non-hydrogen) atoms. The van der Waals surface area contributed by atoms with E-state index in [1.807, 2.05) is 13.0 Å². The minimum atomic E-state index is -0.564. The van der Waals surface area contributed by atoms with E-state index in [2.05, 4.69) is 5.32 Å². The summed E-state index contributed by atoms with van der Waals surface area (Å²) in [5.41, 5.74) is 0.569. The maximum Gasteiger partial charge on any atom is 0.287 e. The van der Waals surface area contributed by atoms with E-state index in [-0.39, 0.29) is 23.8 Å². The average Bonchev–Trinajstić information content (AvgIpc) is 2.42. The Kier molecular flexibility index (Phi) is 5.76. The van der Waals surface area contributed by atoms with Gasteiger partial charge in [-0.1, -0.05) is 6.92 Å². The molecule has 1 atom stereocenters. The molecule has 0 saturated heterocycles.